The summed E-state index contributed by atoms with van der Waals surface area (Å²) in [4.78, 5) is 40.7. The lowest BCUT2D eigenvalue weighted by atomic mass is 10.1. The van der Waals surface area contributed by atoms with E-state index < -0.39 is 20.0 Å². The molecule has 2 aromatic rings. The molecule has 440 valence electrons. The van der Waals surface area contributed by atoms with Crippen LogP contribution in [-0.4, -0.2) is 237 Å². The monoisotopic (exact) mass is 1130 g/mol. The Labute approximate surface area is 469 Å². The highest BCUT2D eigenvalue weighted by molar-refractivity contribution is 7.89. The summed E-state index contributed by atoms with van der Waals surface area (Å²) in [5.41, 5.74) is 2.56. The molecule has 4 saturated carbocycles. The standard InChI is InChI=1S/2C29H48N4O5S/c2*1-22-18-27(37-5)19-23(2)29(22)39(35,36)30(3)16-17-38-21-28(34)31(4)25-10-11-26(20-25)33-14-12-32(13-15-33)24-8-6-7-9-24/h2*18-19,24-26H,6-17,20-21H2,1-5H3/t25-,26+;/m1./s1. The van der Waals surface area contributed by atoms with E-state index in [0.29, 0.717) is 45.8 Å². The number of ether oxygens (including phenoxy) is 4. The number of benzene rings is 2. The highest BCUT2D eigenvalue weighted by Gasteiger charge is 2.38. The van der Waals surface area contributed by atoms with Gasteiger partial charge in [0.15, 0.2) is 0 Å². The molecule has 6 aliphatic rings. The van der Waals surface area contributed by atoms with E-state index in [-0.39, 0.29) is 73.2 Å². The minimum absolute atomic E-state index is 0.0355. The zero-order chi connectivity index (χ0) is 56.3. The molecule has 2 saturated heterocycles. The quantitative estimate of drug-likeness (QED) is 0.130. The maximum atomic E-state index is 13.2. The van der Waals surface area contributed by atoms with Gasteiger partial charge < -0.3 is 28.7 Å². The van der Waals surface area contributed by atoms with E-state index in [9.17, 15) is 26.4 Å². The van der Waals surface area contributed by atoms with E-state index in [1.165, 1.54) is 86.2 Å². The molecule has 0 bridgehead atoms. The fourth-order valence-electron chi connectivity index (χ4n) is 13.4. The van der Waals surface area contributed by atoms with Crippen LogP contribution >= 0.6 is 0 Å². The van der Waals surface area contributed by atoms with Crippen molar-refractivity contribution in [3.63, 3.8) is 0 Å². The molecule has 18 nitrogen and oxygen atoms in total. The second-order valence-electron chi connectivity index (χ2n) is 23.2. The predicted octanol–water partition coefficient (Wildman–Crippen LogP) is 5.78. The number of piperazine rings is 2. The molecule has 4 atom stereocenters. The number of amides is 2. The molecule has 6 fully saturated rings. The fourth-order valence-corrected chi connectivity index (χ4v) is 16.6. The van der Waals surface area contributed by atoms with Gasteiger partial charge in [0.2, 0.25) is 31.9 Å². The number of carbonyl (C=O) groups is 2. The van der Waals surface area contributed by atoms with Crippen LogP contribution in [0.1, 0.15) is 112 Å². The summed E-state index contributed by atoms with van der Waals surface area (Å²) in [6.45, 7) is 16.9. The number of nitrogens with zero attached hydrogens (tertiary/aromatic N) is 8. The van der Waals surface area contributed by atoms with Gasteiger partial charge in [-0.25, -0.2) is 16.8 Å². The minimum atomic E-state index is -3.69. The lowest BCUT2D eigenvalue weighted by molar-refractivity contribution is -0.137. The topological polar surface area (TPSA) is 165 Å². The summed E-state index contributed by atoms with van der Waals surface area (Å²) < 4.78 is 77.1. The zero-order valence-electron chi connectivity index (χ0n) is 49.0. The third-order valence-corrected chi connectivity index (χ3v) is 22.6. The van der Waals surface area contributed by atoms with Crippen molar-refractivity contribution in [3.05, 3.63) is 46.5 Å². The number of hydrogen-bond acceptors (Lipinski definition) is 14. The van der Waals surface area contributed by atoms with Gasteiger partial charge in [-0.05, 0) is 138 Å². The van der Waals surface area contributed by atoms with Gasteiger partial charge >= 0.3 is 0 Å². The summed E-state index contributed by atoms with van der Waals surface area (Å²) in [7, 11) is 2.60. The maximum Gasteiger partial charge on any atom is 0.248 e. The first kappa shape index (κ1) is 62.2. The van der Waals surface area contributed by atoms with Gasteiger partial charge in [-0.15, -0.1) is 0 Å². The summed E-state index contributed by atoms with van der Waals surface area (Å²) in [6, 6.07) is 10.1. The second kappa shape index (κ2) is 28.5. The van der Waals surface area contributed by atoms with Gasteiger partial charge in [0.1, 0.15) is 24.7 Å². The zero-order valence-corrected chi connectivity index (χ0v) is 50.7. The molecule has 2 heterocycles. The van der Waals surface area contributed by atoms with Crippen LogP contribution in [0.3, 0.4) is 0 Å². The predicted molar refractivity (Wildman–Crippen MR) is 305 cm³/mol. The van der Waals surface area contributed by atoms with Crippen molar-refractivity contribution in [2.24, 2.45) is 0 Å². The van der Waals surface area contributed by atoms with Crippen molar-refractivity contribution >= 4 is 31.9 Å². The Morgan fingerprint density at radius 3 is 1.06 bits per heavy atom. The number of carbonyl (C=O) groups excluding carboxylic acids is 2. The maximum absolute atomic E-state index is 13.2. The summed E-state index contributed by atoms with van der Waals surface area (Å²) in [5, 5.41) is 0. The Morgan fingerprint density at radius 1 is 0.474 bits per heavy atom. The summed E-state index contributed by atoms with van der Waals surface area (Å²) >= 11 is 0. The van der Waals surface area contributed by atoms with Crippen molar-refractivity contribution in [1.82, 2.24) is 38.0 Å². The minimum Gasteiger partial charge on any atom is -0.497 e. The van der Waals surface area contributed by atoms with Gasteiger partial charge in [0, 0.05) is 130 Å². The SMILES string of the molecule is COc1cc(C)c(S(=O)(=O)N(C)CCOCC(=O)N(C)C2CCC(N3CCN(C4CCCC4)CC3)C2)c(C)c1.COc1cc(C)c(S(=O)(=O)N(C)CCOCC(=O)N(C)[C@@H]2CC[C@H](N3CCN(C4CCCC4)CC3)C2)c(C)c1. The number of likely N-dealkylation sites (N-methyl/N-ethyl adjacent to an activating group) is 4. The van der Waals surface area contributed by atoms with Crippen LogP contribution < -0.4 is 9.47 Å². The second-order valence-corrected chi connectivity index (χ2v) is 27.2. The Balaban J connectivity index is 0.000000226. The molecule has 0 radical (unpaired) electrons. The summed E-state index contributed by atoms with van der Waals surface area (Å²) in [6.07, 6.45) is 17.4. The number of hydrogen-bond donors (Lipinski definition) is 0. The third-order valence-electron chi connectivity index (χ3n) is 18.3. The van der Waals surface area contributed by atoms with Gasteiger partial charge in [0.25, 0.3) is 0 Å². The highest BCUT2D eigenvalue weighted by atomic mass is 32.2. The Kier molecular flexibility index (Phi) is 22.7. The van der Waals surface area contributed by atoms with E-state index in [0.717, 1.165) is 76.8 Å². The number of rotatable bonds is 22. The highest BCUT2D eigenvalue weighted by Crippen LogP contribution is 2.34. The molecule has 2 amide bonds. The van der Waals surface area contributed by atoms with Crippen molar-refractivity contribution < 1.29 is 45.4 Å². The van der Waals surface area contributed by atoms with Crippen molar-refractivity contribution in [1.29, 1.82) is 0 Å². The van der Waals surface area contributed by atoms with Crippen LogP contribution in [0.4, 0.5) is 0 Å². The molecule has 0 spiro atoms. The van der Waals surface area contributed by atoms with Crippen molar-refractivity contribution in [2.45, 2.75) is 164 Å². The molecule has 0 N–H and O–H groups in total. The lowest BCUT2D eigenvalue weighted by Crippen LogP contribution is -2.52. The average Bonchev–Trinajstić information content (AvgIpc) is 4.32. The summed E-state index contributed by atoms with van der Waals surface area (Å²) in [5.74, 6) is 1.18. The van der Waals surface area contributed by atoms with E-state index in [1.807, 2.05) is 23.9 Å². The van der Waals surface area contributed by atoms with E-state index >= 15 is 0 Å². The van der Waals surface area contributed by atoms with Gasteiger partial charge in [-0.1, -0.05) is 25.7 Å². The van der Waals surface area contributed by atoms with Crippen LogP contribution in [0.15, 0.2) is 34.1 Å². The van der Waals surface area contributed by atoms with E-state index in [1.54, 1.807) is 80.3 Å². The van der Waals surface area contributed by atoms with Crippen LogP contribution in [0.5, 0.6) is 11.5 Å². The Bertz CT molecular complexity index is 2290. The molecule has 2 aromatic carbocycles. The third kappa shape index (κ3) is 15.6. The normalized spacial score (nSPS) is 23.5. The number of methoxy groups -OCH3 is 2. The Morgan fingerprint density at radius 2 is 0.769 bits per heavy atom. The van der Waals surface area contributed by atoms with Crippen LogP contribution in [0.25, 0.3) is 0 Å². The molecule has 2 unspecified atom stereocenters. The first-order chi connectivity index (χ1) is 37.2. The average molecular weight is 1130 g/mol. The smallest absolute Gasteiger partial charge is 0.248 e. The molecule has 8 rings (SSSR count). The molecular weight excluding hydrogens is 1030 g/mol. The molecule has 2 aliphatic heterocycles. The molecular formula is C58H96N8O10S2. The Hall–Kier alpha value is -3.44. The van der Waals surface area contributed by atoms with Gasteiger partial charge in [-0.3, -0.25) is 29.2 Å². The van der Waals surface area contributed by atoms with Crippen LogP contribution in [0.2, 0.25) is 0 Å². The van der Waals surface area contributed by atoms with Crippen LogP contribution in [-0.2, 0) is 39.1 Å². The van der Waals surface area contributed by atoms with E-state index in [2.05, 4.69) is 19.6 Å². The first-order valence-electron chi connectivity index (χ1n) is 29.1. The molecule has 78 heavy (non-hydrogen) atoms. The van der Waals surface area contributed by atoms with Gasteiger partial charge in [-0.2, -0.15) is 8.61 Å². The number of sulfonamides is 2. The van der Waals surface area contributed by atoms with Crippen molar-refractivity contribution in [2.75, 3.05) is 134 Å². The molecule has 20 heteroatoms. The lowest BCUT2D eigenvalue weighted by Gasteiger charge is -2.40. The largest absolute Gasteiger partial charge is 0.497 e. The molecule has 4 aliphatic carbocycles. The van der Waals surface area contributed by atoms with Crippen LogP contribution in [0, 0.1) is 27.7 Å². The van der Waals surface area contributed by atoms with E-state index in [4.69, 9.17) is 18.9 Å². The van der Waals surface area contributed by atoms with Crippen molar-refractivity contribution in [3.8, 4) is 11.5 Å². The fraction of sp³-hybridized carbons (Fsp3) is 0.759. The molecule has 0 aromatic heterocycles. The number of aryl methyl sites for hydroxylation is 4. The van der Waals surface area contributed by atoms with Gasteiger partial charge in [0.05, 0.1) is 37.2 Å². The first-order valence-corrected chi connectivity index (χ1v) is 32.0.